The van der Waals surface area contributed by atoms with Crippen LogP contribution in [0.1, 0.15) is 15.9 Å². The van der Waals surface area contributed by atoms with Gasteiger partial charge in [0.15, 0.2) is 6.61 Å². The maximum Gasteiger partial charge on any atom is 0.271 e. The summed E-state index contributed by atoms with van der Waals surface area (Å²) in [4.78, 5) is 34.3. The maximum atomic E-state index is 12.1. The third kappa shape index (κ3) is 6.64. The van der Waals surface area contributed by atoms with Crippen molar-refractivity contribution in [3.63, 3.8) is 0 Å². The summed E-state index contributed by atoms with van der Waals surface area (Å²) >= 11 is 5.81. The lowest BCUT2D eigenvalue weighted by Gasteiger charge is -2.08. The van der Waals surface area contributed by atoms with Gasteiger partial charge in [-0.1, -0.05) is 29.8 Å². The van der Waals surface area contributed by atoms with Crippen molar-refractivity contribution in [3.8, 4) is 5.75 Å². The van der Waals surface area contributed by atoms with Crippen LogP contribution in [0.15, 0.2) is 77.9 Å². The van der Waals surface area contributed by atoms with E-state index in [0.717, 1.165) is 6.07 Å². The second-order valence-electron chi connectivity index (χ2n) is 6.42. The van der Waals surface area contributed by atoms with Crippen LogP contribution in [0.5, 0.6) is 5.75 Å². The topological polar surface area (TPSA) is 123 Å². The van der Waals surface area contributed by atoms with E-state index in [4.69, 9.17) is 16.3 Å². The van der Waals surface area contributed by atoms with Gasteiger partial charge in [-0.2, -0.15) is 5.10 Å². The van der Waals surface area contributed by atoms with E-state index in [1.807, 2.05) is 0 Å². The number of nitrogens with zero attached hydrogens (tertiary/aromatic N) is 2. The van der Waals surface area contributed by atoms with Gasteiger partial charge in [0.05, 0.1) is 11.1 Å². The fourth-order valence-corrected chi connectivity index (χ4v) is 2.68. The zero-order valence-electron chi connectivity index (χ0n) is 16.5. The number of carbonyl (C=O) groups excluding carboxylic acids is 2. The third-order valence-corrected chi connectivity index (χ3v) is 4.31. The number of nitro groups is 1. The van der Waals surface area contributed by atoms with Crippen LogP contribution in [0.2, 0.25) is 5.02 Å². The molecule has 0 fully saturated rings. The molecular formula is C22H17ClN4O5. The Bertz CT molecular complexity index is 1160. The van der Waals surface area contributed by atoms with E-state index in [1.165, 1.54) is 24.4 Å². The second-order valence-corrected chi connectivity index (χ2v) is 6.86. The van der Waals surface area contributed by atoms with Crippen molar-refractivity contribution in [2.75, 3.05) is 11.9 Å². The number of benzene rings is 3. The van der Waals surface area contributed by atoms with Crippen LogP contribution in [0.3, 0.4) is 0 Å². The average molecular weight is 453 g/mol. The van der Waals surface area contributed by atoms with Crippen LogP contribution in [-0.2, 0) is 4.79 Å². The van der Waals surface area contributed by atoms with Crippen molar-refractivity contribution in [2.45, 2.75) is 0 Å². The van der Waals surface area contributed by atoms with Crippen LogP contribution < -0.4 is 15.5 Å². The summed E-state index contributed by atoms with van der Waals surface area (Å²) in [5, 5.41) is 17.9. The Morgan fingerprint density at radius 1 is 1.06 bits per heavy atom. The van der Waals surface area contributed by atoms with Crippen molar-refractivity contribution in [2.24, 2.45) is 5.10 Å². The van der Waals surface area contributed by atoms with Gasteiger partial charge in [0.1, 0.15) is 5.75 Å². The number of hydrogen-bond donors (Lipinski definition) is 2. The minimum Gasteiger partial charge on any atom is -0.484 e. The van der Waals surface area contributed by atoms with Crippen LogP contribution in [0.4, 0.5) is 11.4 Å². The highest BCUT2D eigenvalue weighted by atomic mass is 35.5. The van der Waals surface area contributed by atoms with E-state index in [9.17, 15) is 19.7 Å². The van der Waals surface area contributed by atoms with Gasteiger partial charge >= 0.3 is 0 Å². The van der Waals surface area contributed by atoms with Crippen molar-refractivity contribution < 1.29 is 19.2 Å². The number of anilines is 1. The van der Waals surface area contributed by atoms with E-state index < -0.39 is 10.8 Å². The largest absolute Gasteiger partial charge is 0.484 e. The van der Waals surface area contributed by atoms with Crippen molar-refractivity contribution >= 4 is 41.0 Å². The number of amides is 2. The highest BCUT2D eigenvalue weighted by Crippen LogP contribution is 2.15. The first-order valence-electron chi connectivity index (χ1n) is 9.27. The lowest BCUT2D eigenvalue weighted by molar-refractivity contribution is -0.384. The van der Waals surface area contributed by atoms with Crippen LogP contribution in [0.25, 0.3) is 0 Å². The maximum absolute atomic E-state index is 12.1. The quantitative estimate of drug-likeness (QED) is 0.303. The highest BCUT2D eigenvalue weighted by molar-refractivity contribution is 6.30. The van der Waals surface area contributed by atoms with Gasteiger partial charge < -0.3 is 10.1 Å². The SMILES string of the molecule is O=C(COc1cccc(/C=N/NC(=O)c2cccc([N+](=O)[O-])c2)c1)Nc1ccc(Cl)cc1. The number of hydrazone groups is 1. The van der Waals surface area contributed by atoms with Crippen molar-refractivity contribution in [1.29, 1.82) is 0 Å². The van der Waals surface area contributed by atoms with E-state index >= 15 is 0 Å². The molecule has 0 radical (unpaired) electrons. The van der Waals surface area contributed by atoms with Crippen molar-refractivity contribution in [1.82, 2.24) is 5.43 Å². The summed E-state index contributed by atoms with van der Waals surface area (Å²) in [6.45, 7) is -0.202. The minimum absolute atomic E-state index is 0.111. The number of nitrogens with one attached hydrogen (secondary N) is 2. The Morgan fingerprint density at radius 2 is 1.81 bits per heavy atom. The third-order valence-electron chi connectivity index (χ3n) is 4.05. The summed E-state index contributed by atoms with van der Waals surface area (Å²) in [6, 6.07) is 18.8. The van der Waals surface area contributed by atoms with Gasteiger partial charge in [-0.25, -0.2) is 5.43 Å². The molecule has 2 N–H and O–H groups in total. The standard InChI is InChI=1S/C22H17ClN4O5/c23-17-7-9-18(10-8-17)25-21(28)14-32-20-6-1-3-15(11-20)13-24-26-22(29)16-4-2-5-19(12-16)27(30)31/h1-13H,14H2,(H,25,28)(H,26,29)/b24-13+. The van der Waals surface area contributed by atoms with E-state index in [1.54, 1.807) is 48.5 Å². The molecular weight excluding hydrogens is 436 g/mol. The molecule has 0 aliphatic carbocycles. The Balaban J connectivity index is 1.53. The molecule has 10 heteroatoms. The van der Waals surface area contributed by atoms with Gasteiger partial charge in [0.2, 0.25) is 0 Å². The molecule has 0 heterocycles. The monoisotopic (exact) mass is 452 g/mol. The average Bonchev–Trinajstić information content (AvgIpc) is 2.79. The van der Waals surface area contributed by atoms with Gasteiger partial charge in [0.25, 0.3) is 17.5 Å². The Kier molecular flexibility index (Phi) is 7.50. The Hall–Kier alpha value is -4.24. The molecule has 3 aromatic carbocycles. The smallest absolute Gasteiger partial charge is 0.271 e. The molecule has 0 saturated heterocycles. The summed E-state index contributed by atoms with van der Waals surface area (Å²) in [5.41, 5.74) is 3.44. The molecule has 9 nitrogen and oxygen atoms in total. The molecule has 2 amide bonds. The first-order valence-corrected chi connectivity index (χ1v) is 9.64. The van der Waals surface area contributed by atoms with E-state index in [0.29, 0.717) is 22.0 Å². The van der Waals surface area contributed by atoms with Crippen LogP contribution in [-0.4, -0.2) is 29.6 Å². The predicted octanol–water partition coefficient (Wildman–Crippen LogP) is 4.03. The van der Waals surface area contributed by atoms with Gasteiger partial charge in [-0.3, -0.25) is 19.7 Å². The molecule has 32 heavy (non-hydrogen) atoms. The number of carbonyl (C=O) groups is 2. The number of halogens is 1. The Labute approximate surface area is 187 Å². The van der Waals surface area contributed by atoms with E-state index in [-0.39, 0.29) is 23.8 Å². The number of non-ortho nitro benzene ring substituents is 1. The second kappa shape index (κ2) is 10.7. The molecule has 162 valence electrons. The number of hydrogen-bond acceptors (Lipinski definition) is 6. The number of nitro benzene ring substituents is 1. The fraction of sp³-hybridized carbons (Fsp3) is 0.0455. The highest BCUT2D eigenvalue weighted by Gasteiger charge is 2.10. The van der Waals surface area contributed by atoms with Gasteiger partial charge in [-0.15, -0.1) is 0 Å². The lowest BCUT2D eigenvalue weighted by atomic mass is 10.2. The molecule has 0 aliphatic heterocycles. The lowest BCUT2D eigenvalue weighted by Crippen LogP contribution is -2.20. The summed E-state index contributed by atoms with van der Waals surface area (Å²) < 4.78 is 5.49. The first kappa shape index (κ1) is 22.4. The fourth-order valence-electron chi connectivity index (χ4n) is 2.55. The normalized spacial score (nSPS) is 10.5. The molecule has 0 aromatic heterocycles. The zero-order chi connectivity index (χ0) is 22.9. The number of ether oxygens (including phenoxy) is 1. The predicted molar refractivity (Wildman–Crippen MR) is 120 cm³/mol. The Morgan fingerprint density at radius 3 is 2.56 bits per heavy atom. The molecule has 3 aromatic rings. The summed E-state index contributed by atoms with van der Waals surface area (Å²) in [7, 11) is 0. The van der Waals surface area contributed by atoms with Crippen molar-refractivity contribution in [3.05, 3.63) is 99.1 Å². The van der Waals surface area contributed by atoms with Crippen LogP contribution >= 0.6 is 11.6 Å². The van der Waals surface area contributed by atoms with Gasteiger partial charge in [-0.05, 0) is 48.0 Å². The van der Waals surface area contributed by atoms with E-state index in [2.05, 4.69) is 15.8 Å². The molecule has 0 spiro atoms. The number of rotatable bonds is 8. The molecule has 0 bridgehead atoms. The first-order chi connectivity index (χ1) is 15.4. The summed E-state index contributed by atoms with van der Waals surface area (Å²) in [6.07, 6.45) is 1.38. The minimum atomic E-state index is -0.587. The van der Waals surface area contributed by atoms with Crippen LogP contribution in [0, 0.1) is 10.1 Å². The zero-order valence-corrected chi connectivity index (χ0v) is 17.3. The molecule has 0 saturated carbocycles. The molecule has 0 unspecified atom stereocenters. The molecule has 3 rings (SSSR count). The van der Waals surface area contributed by atoms with Gasteiger partial charge in [0, 0.05) is 28.4 Å². The molecule has 0 aliphatic rings. The molecule has 0 atom stereocenters. The summed E-state index contributed by atoms with van der Waals surface area (Å²) in [5.74, 6) is -0.489.